The topological polar surface area (TPSA) is 242 Å². The number of piperidine rings is 1. The molecule has 4 atom stereocenters. The monoisotopic (exact) mass is 923 g/mol. The van der Waals surface area contributed by atoms with E-state index >= 15 is 0 Å². The van der Waals surface area contributed by atoms with Crippen molar-refractivity contribution in [3.05, 3.63) is 72.1 Å². The van der Waals surface area contributed by atoms with Crippen molar-refractivity contribution >= 4 is 70.3 Å². The number of ether oxygens (including phenoxy) is 2. The molecule has 0 bridgehead atoms. The number of hydrogen-bond acceptors (Lipinski definition) is 11. The van der Waals surface area contributed by atoms with E-state index in [9.17, 15) is 38.7 Å². The van der Waals surface area contributed by atoms with Crippen molar-refractivity contribution in [2.45, 2.75) is 103 Å². The Balaban J connectivity index is 0.903. The van der Waals surface area contributed by atoms with Crippen LogP contribution in [0.1, 0.15) is 99.4 Å². The van der Waals surface area contributed by atoms with Gasteiger partial charge in [0.15, 0.2) is 11.5 Å². The number of aryl methyl sites for hydroxylation is 1. The van der Waals surface area contributed by atoms with E-state index < -0.39 is 36.0 Å². The van der Waals surface area contributed by atoms with Crippen molar-refractivity contribution in [2.75, 3.05) is 42.8 Å². The van der Waals surface area contributed by atoms with Crippen molar-refractivity contribution in [2.24, 2.45) is 18.0 Å². The fourth-order valence-electron chi connectivity index (χ4n) is 8.00. The van der Waals surface area contributed by atoms with E-state index in [0.717, 1.165) is 19.3 Å². The van der Waals surface area contributed by atoms with E-state index in [-0.39, 0.29) is 60.7 Å². The normalized spacial score (nSPS) is 17.2. The predicted octanol–water partition coefficient (Wildman–Crippen LogP) is 4.66. The first-order chi connectivity index (χ1) is 32.1. The molecule has 1 saturated heterocycles. The number of aliphatic imine (C=N–C) groups is 1. The third-order valence-corrected chi connectivity index (χ3v) is 11.8. The lowest BCUT2D eigenvalue weighted by Crippen LogP contribution is -2.53. The van der Waals surface area contributed by atoms with Gasteiger partial charge in [-0.15, -0.1) is 0 Å². The molecule has 0 aliphatic carbocycles. The summed E-state index contributed by atoms with van der Waals surface area (Å²) in [6, 6.07) is 9.51. The van der Waals surface area contributed by atoms with Gasteiger partial charge in [-0.1, -0.05) is 20.3 Å². The SMILES string of the molecule is COc1cc2c(cc1OCCCC(=O)Nc1cc(C(=O)Nc3ccc(NC(=O)[C@H](C)NC(=O)[C@@H](NC(=O)CCCCCN4C(=O)C=CC4O)C(C)C)cc3)n(C)c1)N=C[C@@H]1CCCCN1C2=O. The number of anilines is 3. The van der Waals surface area contributed by atoms with E-state index in [4.69, 9.17) is 9.47 Å². The summed E-state index contributed by atoms with van der Waals surface area (Å²) in [5, 5.41) is 23.6. The number of hydrogen-bond donors (Lipinski definition) is 6. The van der Waals surface area contributed by atoms with Crippen LogP contribution in [-0.2, 0) is 31.0 Å². The van der Waals surface area contributed by atoms with E-state index in [0.29, 0.717) is 78.6 Å². The first-order valence-electron chi connectivity index (χ1n) is 22.8. The molecule has 1 aromatic heterocycles. The number of amides is 7. The molecule has 7 amide bonds. The molecule has 0 saturated carbocycles. The number of benzene rings is 2. The zero-order valence-corrected chi connectivity index (χ0v) is 38.6. The number of nitrogens with one attached hydrogen (secondary N) is 5. The Morgan fingerprint density at radius 3 is 2.27 bits per heavy atom. The zero-order valence-electron chi connectivity index (χ0n) is 38.6. The average molecular weight is 924 g/mol. The number of aliphatic hydroxyl groups is 1. The molecule has 19 heteroatoms. The van der Waals surface area contributed by atoms with Gasteiger partial charge in [-0.2, -0.15) is 0 Å². The van der Waals surface area contributed by atoms with E-state index in [1.54, 1.807) is 74.1 Å². The number of aliphatic hydroxyl groups excluding tert-OH is 1. The third-order valence-electron chi connectivity index (χ3n) is 11.8. The fraction of sp³-hybridized carbons (Fsp3) is 0.458. The van der Waals surface area contributed by atoms with Crippen LogP contribution in [-0.4, -0.2) is 118 Å². The summed E-state index contributed by atoms with van der Waals surface area (Å²) in [7, 11) is 3.19. The van der Waals surface area contributed by atoms with Crippen molar-refractivity contribution in [1.29, 1.82) is 0 Å². The van der Waals surface area contributed by atoms with Gasteiger partial charge < -0.3 is 55.5 Å². The summed E-state index contributed by atoms with van der Waals surface area (Å²) >= 11 is 0. The first kappa shape index (κ1) is 49.4. The molecular formula is C48H61N9O10. The van der Waals surface area contributed by atoms with Crippen LogP contribution in [0.5, 0.6) is 11.5 Å². The molecule has 1 unspecified atom stereocenters. The number of nitrogens with zero attached hydrogens (tertiary/aromatic N) is 4. The van der Waals surface area contributed by atoms with Crippen LogP contribution in [0.4, 0.5) is 22.7 Å². The largest absolute Gasteiger partial charge is 0.493 e. The fourth-order valence-corrected chi connectivity index (χ4v) is 8.00. The maximum atomic E-state index is 13.3. The van der Waals surface area contributed by atoms with Crippen molar-refractivity contribution < 1.29 is 48.1 Å². The zero-order chi connectivity index (χ0) is 48.2. The van der Waals surface area contributed by atoms with Gasteiger partial charge in [0.1, 0.15) is 24.0 Å². The van der Waals surface area contributed by atoms with Gasteiger partial charge in [0.05, 0.1) is 36.7 Å². The number of methoxy groups -OCH3 is 1. The Kier molecular flexibility index (Phi) is 16.9. The molecule has 4 heterocycles. The molecule has 6 rings (SSSR count). The molecule has 2 aromatic carbocycles. The molecule has 0 spiro atoms. The highest BCUT2D eigenvalue weighted by Gasteiger charge is 2.32. The van der Waals surface area contributed by atoms with Gasteiger partial charge in [0, 0.05) is 68.9 Å². The quantitative estimate of drug-likeness (QED) is 0.0808. The number of unbranched alkanes of at least 4 members (excludes halogenated alkanes) is 2. The Labute approximate surface area is 389 Å². The average Bonchev–Trinajstić information content (AvgIpc) is 3.79. The molecule has 0 radical (unpaired) electrons. The van der Waals surface area contributed by atoms with Crippen LogP contribution < -0.4 is 36.1 Å². The summed E-state index contributed by atoms with van der Waals surface area (Å²) in [5.41, 5.74) is 2.58. The van der Waals surface area contributed by atoms with Gasteiger partial charge in [0.2, 0.25) is 29.5 Å². The molecule has 1 fully saturated rings. The molecule has 67 heavy (non-hydrogen) atoms. The molecular weight excluding hydrogens is 863 g/mol. The van der Waals surface area contributed by atoms with E-state index in [1.807, 2.05) is 11.1 Å². The van der Waals surface area contributed by atoms with Crippen molar-refractivity contribution in [3.8, 4) is 11.5 Å². The van der Waals surface area contributed by atoms with Gasteiger partial charge in [-0.25, -0.2) is 0 Å². The van der Waals surface area contributed by atoms with E-state index in [1.165, 1.54) is 31.1 Å². The van der Waals surface area contributed by atoms with Crippen LogP contribution >= 0.6 is 0 Å². The highest BCUT2D eigenvalue weighted by Crippen LogP contribution is 2.38. The van der Waals surface area contributed by atoms with Crippen LogP contribution in [0, 0.1) is 5.92 Å². The molecule has 3 aromatic rings. The molecule has 3 aliphatic rings. The van der Waals surface area contributed by atoms with Gasteiger partial charge in [0.25, 0.3) is 11.8 Å². The van der Waals surface area contributed by atoms with E-state index in [2.05, 4.69) is 31.6 Å². The van der Waals surface area contributed by atoms with Crippen LogP contribution in [0.25, 0.3) is 0 Å². The Bertz CT molecular complexity index is 2380. The maximum Gasteiger partial charge on any atom is 0.272 e. The minimum absolute atomic E-state index is 0.0280. The molecule has 19 nitrogen and oxygen atoms in total. The Hall–Kier alpha value is -7.02. The van der Waals surface area contributed by atoms with Crippen molar-refractivity contribution in [1.82, 2.24) is 25.0 Å². The summed E-state index contributed by atoms with van der Waals surface area (Å²) in [6.45, 7) is 6.38. The summed E-state index contributed by atoms with van der Waals surface area (Å²) in [6.07, 6.45) is 10.7. The standard InChI is InChI=1S/C48H61N9O10/c1-29(2)44(54-41(59)13-7-6-9-22-57-42(60)19-20-43(57)61)47(64)50-30(3)45(62)52-31-15-17-32(18-16-31)53-46(63)37-24-33(28-55(37)4)51-40(58)14-11-23-67-39-26-36-35(25-38(39)66-5)48(65)56-21-10-8-12-34(56)27-49-36/h15-20,24-30,34,42,44,60H,6-14,21-23H2,1-5H3,(H,50,64)(H,51,58)(H,52,62)(H,53,63)(H,54,59)/t30-,34-,42?,44-/m0/s1. The number of fused-ring (bicyclic) bond motifs is 2. The van der Waals surface area contributed by atoms with Crippen LogP contribution in [0.3, 0.4) is 0 Å². The highest BCUT2D eigenvalue weighted by molar-refractivity contribution is 6.05. The maximum absolute atomic E-state index is 13.3. The smallest absolute Gasteiger partial charge is 0.272 e. The number of rotatable bonds is 21. The summed E-state index contributed by atoms with van der Waals surface area (Å²) < 4.78 is 13.1. The lowest BCUT2D eigenvalue weighted by molar-refractivity contribution is -0.132. The van der Waals surface area contributed by atoms with Crippen LogP contribution in [0.15, 0.2) is 65.8 Å². The summed E-state index contributed by atoms with van der Waals surface area (Å²) in [5.74, 6) is -1.74. The highest BCUT2D eigenvalue weighted by atomic mass is 16.5. The number of carbonyl (C=O) groups excluding carboxylic acids is 7. The molecule has 3 aliphatic heterocycles. The minimum atomic E-state index is -0.940. The second kappa shape index (κ2) is 22.9. The lowest BCUT2D eigenvalue weighted by atomic mass is 10.0. The van der Waals surface area contributed by atoms with Crippen LogP contribution in [0.2, 0.25) is 0 Å². The molecule has 6 N–H and O–H groups in total. The third kappa shape index (κ3) is 13.1. The number of carbonyl (C=O) groups is 7. The summed E-state index contributed by atoms with van der Waals surface area (Å²) in [4.78, 5) is 97.8. The minimum Gasteiger partial charge on any atom is -0.493 e. The van der Waals surface area contributed by atoms with Crippen molar-refractivity contribution in [3.63, 3.8) is 0 Å². The predicted molar refractivity (Wildman–Crippen MR) is 251 cm³/mol. The van der Waals surface area contributed by atoms with Gasteiger partial charge in [-0.05, 0) is 93.8 Å². The lowest BCUT2D eigenvalue weighted by Gasteiger charge is -2.32. The molecule has 358 valence electrons. The van der Waals surface area contributed by atoms with Gasteiger partial charge >= 0.3 is 0 Å². The first-order valence-corrected chi connectivity index (χ1v) is 22.8. The van der Waals surface area contributed by atoms with Gasteiger partial charge in [-0.3, -0.25) is 38.6 Å². The Morgan fingerprint density at radius 1 is 0.836 bits per heavy atom. The number of aromatic nitrogens is 1. The second-order valence-electron chi connectivity index (χ2n) is 17.2. The Morgan fingerprint density at radius 2 is 1.57 bits per heavy atom. The second-order valence-corrected chi connectivity index (χ2v) is 17.2.